The molecule has 0 aliphatic heterocycles. The fraction of sp³-hybridized carbons (Fsp3) is 0.294. The number of nitrogens with zero attached hydrogens (tertiary/aromatic N) is 4. The van der Waals surface area contributed by atoms with E-state index in [4.69, 9.17) is 5.26 Å². The van der Waals surface area contributed by atoms with E-state index in [1.54, 1.807) is 22.8 Å². The minimum Gasteiger partial charge on any atom is -0.316 e. The average Bonchev–Trinajstić information content (AvgIpc) is 3.06. The van der Waals surface area contributed by atoms with Crippen molar-refractivity contribution >= 4 is 45.3 Å². The van der Waals surface area contributed by atoms with E-state index in [0.29, 0.717) is 16.6 Å². The molecule has 3 aromatic rings. The lowest BCUT2D eigenvalue weighted by Crippen LogP contribution is -2.22. The van der Waals surface area contributed by atoms with Gasteiger partial charge in [0.05, 0.1) is 15.7 Å². The Bertz CT molecular complexity index is 965. The number of carbonyl (C=O) groups is 1. The number of hydrogen-bond acceptors (Lipinski definition) is 7. The molecule has 1 amide bonds. The molecule has 9 heteroatoms. The van der Waals surface area contributed by atoms with Crippen LogP contribution in [0.25, 0.3) is 10.7 Å². The van der Waals surface area contributed by atoms with Crippen molar-refractivity contribution in [2.45, 2.75) is 36.2 Å². The molecule has 0 spiro atoms. The molecule has 0 saturated heterocycles. The zero-order valence-corrected chi connectivity index (χ0v) is 16.3. The topological polar surface area (TPSA) is 83.6 Å². The lowest BCUT2D eigenvalue weighted by atomic mass is 10.3. The lowest BCUT2D eigenvalue weighted by Gasteiger charge is -2.12. The molecular formula is C17H15N5OS3. The monoisotopic (exact) mass is 401 g/mol. The quantitative estimate of drug-likeness (QED) is 0.619. The number of nitrogens with one attached hydrogen (secondary N) is 1. The van der Waals surface area contributed by atoms with E-state index in [-0.39, 0.29) is 11.2 Å². The van der Waals surface area contributed by atoms with Crippen LogP contribution >= 0.6 is 34.4 Å². The molecule has 1 aliphatic carbocycles. The summed E-state index contributed by atoms with van der Waals surface area (Å²) in [5.41, 5.74) is 0.488. The van der Waals surface area contributed by atoms with Gasteiger partial charge in [0, 0.05) is 6.04 Å². The van der Waals surface area contributed by atoms with E-state index in [1.807, 2.05) is 24.4 Å². The molecule has 1 N–H and O–H groups in total. The molecule has 1 fully saturated rings. The van der Waals surface area contributed by atoms with E-state index < -0.39 is 0 Å². The smallest absolute Gasteiger partial charge is 0.238 e. The van der Waals surface area contributed by atoms with Crippen molar-refractivity contribution < 1.29 is 4.79 Å². The van der Waals surface area contributed by atoms with Gasteiger partial charge in [-0.3, -0.25) is 9.36 Å². The predicted molar refractivity (Wildman–Crippen MR) is 105 cm³/mol. The summed E-state index contributed by atoms with van der Waals surface area (Å²) in [6, 6.07) is 8.25. The van der Waals surface area contributed by atoms with E-state index in [2.05, 4.69) is 26.2 Å². The number of aromatic nitrogens is 3. The second kappa shape index (κ2) is 7.23. The highest BCUT2D eigenvalue weighted by Crippen LogP contribution is 2.42. The SMILES string of the molecule is CC(Sc1nnc(-c2cccs2)n1C1CC1)C(=O)Nc1sccc1C#N. The van der Waals surface area contributed by atoms with Crippen molar-refractivity contribution in [2.75, 3.05) is 5.32 Å². The minimum atomic E-state index is -0.346. The third-order valence-corrected chi connectivity index (χ3v) is 6.74. The Morgan fingerprint density at radius 3 is 2.92 bits per heavy atom. The van der Waals surface area contributed by atoms with Gasteiger partial charge < -0.3 is 5.32 Å². The van der Waals surface area contributed by atoms with Crippen LogP contribution in [0.15, 0.2) is 34.1 Å². The van der Waals surface area contributed by atoms with Crippen LogP contribution in [0, 0.1) is 11.3 Å². The fourth-order valence-electron chi connectivity index (χ4n) is 2.51. The van der Waals surface area contributed by atoms with Gasteiger partial charge in [0.15, 0.2) is 11.0 Å². The Morgan fingerprint density at radius 2 is 2.23 bits per heavy atom. The summed E-state index contributed by atoms with van der Waals surface area (Å²) >= 11 is 4.39. The number of nitriles is 1. The molecule has 0 bridgehead atoms. The second-order valence-electron chi connectivity index (χ2n) is 5.91. The summed E-state index contributed by atoms with van der Waals surface area (Å²) in [6.45, 7) is 1.84. The third-order valence-electron chi connectivity index (χ3n) is 3.99. The van der Waals surface area contributed by atoms with Gasteiger partial charge in [-0.25, -0.2) is 0 Å². The summed E-state index contributed by atoms with van der Waals surface area (Å²) in [5.74, 6) is 0.736. The molecule has 1 unspecified atom stereocenters. The van der Waals surface area contributed by atoms with Crippen LogP contribution in [-0.2, 0) is 4.79 Å². The number of carbonyl (C=O) groups excluding carboxylic acids is 1. The maximum Gasteiger partial charge on any atom is 0.238 e. The van der Waals surface area contributed by atoms with Crippen LogP contribution in [0.3, 0.4) is 0 Å². The Morgan fingerprint density at radius 1 is 1.38 bits per heavy atom. The van der Waals surface area contributed by atoms with E-state index in [9.17, 15) is 4.79 Å². The summed E-state index contributed by atoms with van der Waals surface area (Å²) in [4.78, 5) is 13.6. The van der Waals surface area contributed by atoms with Crippen molar-refractivity contribution in [3.63, 3.8) is 0 Å². The Labute approximate surface area is 162 Å². The van der Waals surface area contributed by atoms with Crippen molar-refractivity contribution in [3.05, 3.63) is 34.5 Å². The summed E-state index contributed by atoms with van der Waals surface area (Å²) < 4.78 is 2.16. The molecule has 3 heterocycles. The molecule has 4 rings (SSSR count). The Hall–Kier alpha value is -2.15. The van der Waals surface area contributed by atoms with Crippen LogP contribution in [0.2, 0.25) is 0 Å². The van der Waals surface area contributed by atoms with Crippen molar-refractivity contribution in [2.24, 2.45) is 0 Å². The van der Waals surface area contributed by atoms with Gasteiger partial charge in [-0.2, -0.15) is 5.26 Å². The predicted octanol–water partition coefficient (Wildman–Crippen LogP) is 4.39. The van der Waals surface area contributed by atoms with Gasteiger partial charge >= 0.3 is 0 Å². The van der Waals surface area contributed by atoms with Gasteiger partial charge in [-0.15, -0.1) is 32.9 Å². The molecular weight excluding hydrogens is 386 g/mol. The molecule has 1 atom stereocenters. The lowest BCUT2D eigenvalue weighted by molar-refractivity contribution is -0.115. The Balaban J connectivity index is 1.52. The van der Waals surface area contributed by atoms with Crippen molar-refractivity contribution in [1.82, 2.24) is 14.8 Å². The number of thiophene rings is 2. The molecule has 132 valence electrons. The van der Waals surface area contributed by atoms with E-state index in [0.717, 1.165) is 28.7 Å². The van der Waals surface area contributed by atoms with E-state index >= 15 is 0 Å². The summed E-state index contributed by atoms with van der Waals surface area (Å²) in [6.07, 6.45) is 2.23. The van der Waals surface area contributed by atoms with Crippen LogP contribution in [-0.4, -0.2) is 25.9 Å². The number of rotatable bonds is 6. The Kier molecular flexibility index (Phi) is 4.80. The first-order valence-electron chi connectivity index (χ1n) is 8.11. The number of hydrogen-bond donors (Lipinski definition) is 1. The third kappa shape index (κ3) is 3.40. The highest BCUT2D eigenvalue weighted by Gasteiger charge is 2.31. The highest BCUT2D eigenvalue weighted by atomic mass is 32.2. The molecule has 0 aromatic carbocycles. The van der Waals surface area contributed by atoms with Crippen LogP contribution in [0.1, 0.15) is 31.4 Å². The zero-order valence-electron chi connectivity index (χ0n) is 13.9. The first kappa shape index (κ1) is 17.3. The normalized spacial score (nSPS) is 14.8. The van der Waals surface area contributed by atoms with Crippen molar-refractivity contribution in [1.29, 1.82) is 5.26 Å². The van der Waals surface area contributed by atoms with Gasteiger partial charge in [-0.1, -0.05) is 17.8 Å². The van der Waals surface area contributed by atoms with Crippen molar-refractivity contribution in [3.8, 4) is 16.8 Å². The van der Waals surface area contributed by atoms with Crippen LogP contribution < -0.4 is 5.32 Å². The zero-order chi connectivity index (χ0) is 18.1. The molecule has 3 aromatic heterocycles. The maximum atomic E-state index is 12.5. The molecule has 1 saturated carbocycles. The van der Waals surface area contributed by atoms with E-state index in [1.165, 1.54) is 23.1 Å². The van der Waals surface area contributed by atoms with Gasteiger partial charge in [0.2, 0.25) is 5.91 Å². The summed E-state index contributed by atoms with van der Waals surface area (Å²) in [7, 11) is 0. The molecule has 6 nitrogen and oxygen atoms in total. The fourth-order valence-corrected chi connectivity index (χ4v) is 4.88. The highest BCUT2D eigenvalue weighted by molar-refractivity contribution is 8.00. The van der Waals surface area contributed by atoms with Gasteiger partial charge in [0.25, 0.3) is 0 Å². The number of thioether (sulfide) groups is 1. The van der Waals surface area contributed by atoms with Gasteiger partial charge in [-0.05, 0) is 42.7 Å². The maximum absolute atomic E-state index is 12.5. The first-order valence-corrected chi connectivity index (χ1v) is 10.7. The number of amides is 1. The van der Waals surface area contributed by atoms with Crippen LogP contribution in [0.4, 0.5) is 5.00 Å². The average molecular weight is 402 g/mol. The standard InChI is InChI=1S/C17H15N5OS3/c1-10(15(23)19-16-11(9-18)6-8-25-16)26-17-21-20-14(13-3-2-7-24-13)22(17)12-4-5-12/h2-3,6-8,10,12H,4-5H2,1H3,(H,19,23). The van der Waals surface area contributed by atoms with Crippen LogP contribution in [0.5, 0.6) is 0 Å². The first-order chi connectivity index (χ1) is 12.7. The minimum absolute atomic E-state index is 0.142. The molecule has 26 heavy (non-hydrogen) atoms. The molecule has 1 aliphatic rings. The largest absolute Gasteiger partial charge is 0.316 e. The molecule has 0 radical (unpaired) electrons. The van der Waals surface area contributed by atoms with Gasteiger partial charge in [0.1, 0.15) is 11.1 Å². The summed E-state index contributed by atoms with van der Waals surface area (Å²) in [5, 5.41) is 25.5. The second-order valence-corrected chi connectivity index (χ2v) is 9.08. The number of anilines is 1.